The van der Waals surface area contributed by atoms with Crippen LogP contribution in [0.15, 0.2) is 64.5 Å². The van der Waals surface area contributed by atoms with Gasteiger partial charge in [-0.15, -0.1) is 0 Å². The third-order valence-electron chi connectivity index (χ3n) is 6.28. The van der Waals surface area contributed by atoms with Crippen LogP contribution >= 0.6 is 0 Å². The number of rotatable bonds is 5. The normalized spacial score (nSPS) is 16.1. The molecule has 1 aliphatic rings. The standard InChI is InChI=1S/C27H26N4O5/c1-3-35-27(34)21-15-20-23(28-22-12-6-7-13-30(22)26(20)33)31(16-18-10-8-14-36-18)24(21)29-25(32)19-11-5-4-9-17(19)2/h4-7,9,11-13,15,18H,3,8,10,14,16H2,1-2H3/t18-/m0/s1. The molecule has 4 aromatic rings. The van der Waals surface area contributed by atoms with Gasteiger partial charge < -0.3 is 14.0 Å². The van der Waals surface area contributed by atoms with Crippen LogP contribution in [0.3, 0.4) is 0 Å². The van der Waals surface area contributed by atoms with E-state index in [0.717, 1.165) is 18.4 Å². The number of nitrogens with zero attached hydrogens (tertiary/aromatic N) is 4. The molecule has 0 unspecified atom stereocenters. The Kier molecular flexibility index (Phi) is 6.47. The average molecular weight is 487 g/mol. The smallest absolute Gasteiger partial charge is 0.341 e. The van der Waals surface area contributed by atoms with Crippen molar-refractivity contribution in [2.45, 2.75) is 39.3 Å². The highest BCUT2D eigenvalue weighted by Crippen LogP contribution is 2.18. The predicted octanol–water partition coefficient (Wildman–Crippen LogP) is 3.05. The predicted molar refractivity (Wildman–Crippen MR) is 133 cm³/mol. The summed E-state index contributed by atoms with van der Waals surface area (Å²) in [6.45, 7) is 4.54. The molecular weight excluding hydrogens is 460 g/mol. The Morgan fingerprint density at radius 2 is 1.97 bits per heavy atom. The van der Waals surface area contributed by atoms with Gasteiger partial charge in [0.2, 0.25) is 0 Å². The first-order valence-corrected chi connectivity index (χ1v) is 12.0. The molecule has 1 saturated heterocycles. The van der Waals surface area contributed by atoms with Crippen LogP contribution in [-0.2, 0) is 16.0 Å². The van der Waals surface area contributed by atoms with Gasteiger partial charge in [0.1, 0.15) is 16.9 Å². The van der Waals surface area contributed by atoms with E-state index in [2.05, 4.69) is 4.99 Å². The number of carbonyl (C=O) groups is 2. The average Bonchev–Trinajstić information content (AvgIpc) is 3.39. The summed E-state index contributed by atoms with van der Waals surface area (Å²) in [7, 11) is 0. The zero-order valence-electron chi connectivity index (χ0n) is 20.1. The highest BCUT2D eigenvalue weighted by molar-refractivity contribution is 5.98. The Balaban J connectivity index is 1.87. The van der Waals surface area contributed by atoms with Crippen LogP contribution < -0.4 is 11.0 Å². The van der Waals surface area contributed by atoms with Crippen molar-refractivity contribution >= 4 is 28.6 Å². The minimum Gasteiger partial charge on any atom is -0.462 e. The minimum atomic E-state index is -0.672. The van der Waals surface area contributed by atoms with Crippen LogP contribution in [-0.4, -0.2) is 45.1 Å². The SMILES string of the molecule is CCOC(=O)c1cc2c(=O)n3ccccc3nc2n(C[C@@H]2CCCO2)c1=NC(=O)c1ccccc1C. The van der Waals surface area contributed by atoms with Crippen molar-refractivity contribution in [2.24, 2.45) is 4.99 Å². The molecule has 0 aliphatic carbocycles. The zero-order chi connectivity index (χ0) is 25.2. The maximum absolute atomic E-state index is 13.4. The van der Waals surface area contributed by atoms with Gasteiger partial charge in [-0.2, -0.15) is 4.99 Å². The molecule has 0 N–H and O–H groups in total. The van der Waals surface area contributed by atoms with E-state index in [1.54, 1.807) is 48.0 Å². The summed E-state index contributed by atoms with van der Waals surface area (Å²) in [6.07, 6.45) is 3.15. The first kappa shape index (κ1) is 23.6. The van der Waals surface area contributed by atoms with Gasteiger partial charge in [-0.3, -0.25) is 14.0 Å². The molecule has 36 heavy (non-hydrogen) atoms. The molecule has 184 valence electrons. The van der Waals surface area contributed by atoms with Gasteiger partial charge in [-0.1, -0.05) is 24.3 Å². The first-order valence-electron chi connectivity index (χ1n) is 12.0. The quantitative estimate of drug-likeness (QED) is 0.317. The number of amides is 1. The summed E-state index contributed by atoms with van der Waals surface area (Å²) in [6, 6.07) is 13.8. The number of pyridine rings is 2. The lowest BCUT2D eigenvalue weighted by Gasteiger charge is -2.18. The van der Waals surface area contributed by atoms with E-state index in [4.69, 9.17) is 14.5 Å². The number of fused-ring (bicyclic) bond motifs is 2. The van der Waals surface area contributed by atoms with Gasteiger partial charge in [0.05, 0.1) is 24.6 Å². The van der Waals surface area contributed by atoms with Crippen molar-refractivity contribution in [2.75, 3.05) is 13.2 Å². The number of hydrogen-bond acceptors (Lipinski definition) is 6. The van der Waals surface area contributed by atoms with Gasteiger partial charge >= 0.3 is 5.97 Å². The molecule has 9 nitrogen and oxygen atoms in total. The third-order valence-corrected chi connectivity index (χ3v) is 6.28. The van der Waals surface area contributed by atoms with E-state index in [0.29, 0.717) is 23.5 Å². The molecule has 1 aliphatic heterocycles. The van der Waals surface area contributed by atoms with Crippen LogP contribution in [0.4, 0.5) is 0 Å². The maximum Gasteiger partial charge on any atom is 0.341 e. The molecule has 9 heteroatoms. The molecule has 4 heterocycles. The summed E-state index contributed by atoms with van der Waals surface area (Å²) in [5, 5.41) is 0.224. The second kappa shape index (κ2) is 9.87. The van der Waals surface area contributed by atoms with Crippen LogP contribution in [0.2, 0.25) is 0 Å². The molecule has 5 rings (SSSR count). The lowest BCUT2D eigenvalue weighted by atomic mass is 10.1. The fraction of sp³-hybridized carbons (Fsp3) is 0.296. The first-order chi connectivity index (χ1) is 17.5. The monoisotopic (exact) mass is 486 g/mol. The number of esters is 1. The topological polar surface area (TPSA) is 104 Å². The number of ether oxygens (including phenoxy) is 2. The minimum absolute atomic E-state index is 0.0269. The largest absolute Gasteiger partial charge is 0.462 e. The molecule has 0 radical (unpaired) electrons. The molecule has 1 amide bonds. The van der Waals surface area contributed by atoms with Crippen molar-refractivity contribution in [3.05, 3.63) is 87.3 Å². The molecule has 0 spiro atoms. The van der Waals surface area contributed by atoms with Gasteiger partial charge in [-0.25, -0.2) is 9.78 Å². The number of benzene rings is 1. The second-order valence-electron chi connectivity index (χ2n) is 8.66. The third kappa shape index (κ3) is 4.33. The number of carbonyl (C=O) groups excluding carboxylic acids is 2. The van der Waals surface area contributed by atoms with E-state index in [1.165, 1.54) is 10.5 Å². The van der Waals surface area contributed by atoms with Crippen LogP contribution in [0.25, 0.3) is 16.7 Å². The summed E-state index contributed by atoms with van der Waals surface area (Å²) in [5.74, 6) is -1.18. The molecule has 0 saturated carbocycles. The molecule has 0 bridgehead atoms. The second-order valence-corrected chi connectivity index (χ2v) is 8.66. The zero-order valence-corrected chi connectivity index (χ0v) is 20.1. The Hall–Kier alpha value is -4.11. The molecular formula is C27H26N4O5. The summed E-state index contributed by atoms with van der Waals surface area (Å²) in [4.78, 5) is 49.0. The van der Waals surface area contributed by atoms with Gasteiger partial charge in [0.15, 0.2) is 5.49 Å². The van der Waals surface area contributed by atoms with Gasteiger partial charge in [-0.05, 0) is 56.5 Å². The van der Waals surface area contributed by atoms with Crippen LogP contribution in [0.5, 0.6) is 0 Å². The molecule has 1 aromatic carbocycles. The van der Waals surface area contributed by atoms with Crippen LogP contribution in [0.1, 0.15) is 46.0 Å². The van der Waals surface area contributed by atoms with E-state index in [9.17, 15) is 14.4 Å². The van der Waals surface area contributed by atoms with Crippen molar-refractivity contribution in [1.29, 1.82) is 0 Å². The summed E-state index contributed by atoms with van der Waals surface area (Å²) < 4.78 is 14.2. The Morgan fingerprint density at radius 3 is 2.72 bits per heavy atom. The highest BCUT2D eigenvalue weighted by atomic mass is 16.5. The molecule has 1 atom stereocenters. The van der Waals surface area contributed by atoms with E-state index in [1.807, 2.05) is 19.1 Å². The van der Waals surface area contributed by atoms with Crippen molar-refractivity contribution in [3.63, 3.8) is 0 Å². The highest BCUT2D eigenvalue weighted by Gasteiger charge is 2.24. The molecule has 1 fully saturated rings. The number of hydrogen-bond donors (Lipinski definition) is 0. The Bertz CT molecular complexity index is 1610. The Labute approximate surface area is 206 Å². The number of aryl methyl sites for hydroxylation is 1. The van der Waals surface area contributed by atoms with Crippen molar-refractivity contribution in [3.8, 4) is 0 Å². The summed E-state index contributed by atoms with van der Waals surface area (Å²) >= 11 is 0. The fourth-order valence-corrected chi connectivity index (χ4v) is 4.49. The van der Waals surface area contributed by atoms with E-state index >= 15 is 0 Å². The lowest BCUT2D eigenvalue weighted by Crippen LogP contribution is -2.35. The van der Waals surface area contributed by atoms with E-state index in [-0.39, 0.29) is 41.3 Å². The van der Waals surface area contributed by atoms with Crippen LogP contribution in [0, 0.1) is 6.92 Å². The van der Waals surface area contributed by atoms with Crippen molar-refractivity contribution < 1.29 is 19.1 Å². The lowest BCUT2D eigenvalue weighted by molar-refractivity contribution is 0.0521. The Morgan fingerprint density at radius 1 is 1.17 bits per heavy atom. The number of aromatic nitrogens is 3. The molecule has 3 aromatic heterocycles. The fourth-order valence-electron chi connectivity index (χ4n) is 4.49. The summed E-state index contributed by atoms with van der Waals surface area (Å²) in [5.41, 5.74) is 1.73. The van der Waals surface area contributed by atoms with Crippen molar-refractivity contribution in [1.82, 2.24) is 14.0 Å². The van der Waals surface area contributed by atoms with Gasteiger partial charge in [0.25, 0.3) is 11.5 Å². The maximum atomic E-state index is 13.4. The van der Waals surface area contributed by atoms with E-state index < -0.39 is 11.9 Å². The van der Waals surface area contributed by atoms with Gasteiger partial charge in [0, 0.05) is 18.4 Å².